The minimum atomic E-state index is -5.65. The lowest BCUT2D eigenvalue weighted by atomic mass is 10.3. The summed E-state index contributed by atoms with van der Waals surface area (Å²) < 4.78 is 66.4. The molecule has 0 aromatic carbocycles. The van der Waals surface area contributed by atoms with E-state index in [0.29, 0.717) is 0 Å². The van der Waals surface area contributed by atoms with Crippen molar-refractivity contribution in [3.05, 3.63) is 0 Å². The minimum Gasteiger partial charge on any atom is -0.458 e. The summed E-state index contributed by atoms with van der Waals surface area (Å²) in [7, 11) is -5.65. The predicted octanol–water partition coefficient (Wildman–Crippen LogP) is -0.0643. The van der Waals surface area contributed by atoms with Gasteiger partial charge in [0.2, 0.25) is 0 Å². The van der Waals surface area contributed by atoms with Crippen LogP contribution in [-0.4, -0.2) is 49.7 Å². The first-order chi connectivity index (χ1) is 8.12. The Morgan fingerprint density at radius 3 is 2.61 bits per heavy atom. The standard InChI is InChI=1S/C7H8F2O8S/c8-7(9,18(12,13)14)3-16-5(10)1-4-2-15-6(11)17-4/h4H,1-3H2,(H,12,13,14). The average molecular weight is 290 g/mol. The van der Waals surface area contributed by atoms with E-state index in [9.17, 15) is 26.8 Å². The highest BCUT2D eigenvalue weighted by molar-refractivity contribution is 7.86. The normalized spacial score (nSPS) is 20.2. The van der Waals surface area contributed by atoms with Crippen LogP contribution in [0.15, 0.2) is 0 Å². The van der Waals surface area contributed by atoms with Crippen LogP contribution in [0.5, 0.6) is 0 Å². The molecule has 1 aliphatic rings. The molecule has 8 nitrogen and oxygen atoms in total. The second kappa shape index (κ2) is 5.02. The topological polar surface area (TPSA) is 116 Å². The Morgan fingerprint density at radius 1 is 1.56 bits per heavy atom. The van der Waals surface area contributed by atoms with Crippen molar-refractivity contribution in [2.75, 3.05) is 13.2 Å². The minimum absolute atomic E-state index is 0.234. The van der Waals surface area contributed by atoms with Crippen LogP contribution in [0.4, 0.5) is 13.6 Å². The molecule has 104 valence electrons. The number of esters is 1. The molecule has 1 N–H and O–H groups in total. The van der Waals surface area contributed by atoms with E-state index in [1.54, 1.807) is 0 Å². The van der Waals surface area contributed by atoms with Crippen molar-refractivity contribution >= 4 is 22.2 Å². The second-order valence-electron chi connectivity index (χ2n) is 3.28. The van der Waals surface area contributed by atoms with Gasteiger partial charge in [-0.3, -0.25) is 9.35 Å². The molecule has 0 aromatic heterocycles. The first-order valence-electron chi connectivity index (χ1n) is 4.46. The van der Waals surface area contributed by atoms with E-state index in [-0.39, 0.29) is 6.61 Å². The number of ether oxygens (including phenoxy) is 3. The van der Waals surface area contributed by atoms with Crippen molar-refractivity contribution in [1.29, 1.82) is 0 Å². The molecule has 0 spiro atoms. The Hall–Kier alpha value is -1.49. The van der Waals surface area contributed by atoms with Crippen LogP contribution in [-0.2, 0) is 29.1 Å². The van der Waals surface area contributed by atoms with Gasteiger partial charge in [0.1, 0.15) is 12.7 Å². The van der Waals surface area contributed by atoms with E-state index in [1.165, 1.54) is 0 Å². The number of carbonyl (C=O) groups excluding carboxylic acids is 2. The van der Waals surface area contributed by atoms with Crippen molar-refractivity contribution in [2.45, 2.75) is 17.8 Å². The van der Waals surface area contributed by atoms with Gasteiger partial charge in [0.05, 0.1) is 6.42 Å². The van der Waals surface area contributed by atoms with Crippen molar-refractivity contribution in [1.82, 2.24) is 0 Å². The molecule has 0 bridgehead atoms. The SMILES string of the molecule is O=C(CC1COC(=O)O1)OCC(F)(F)S(=O)(=O)O. The summed E-state index contributed by atoms with van der Waals surface area (Å²) in [6.07, 6.45) is -2.53. The average Bonchev–Trinajstić information content (AvgIpc) is 2.59. The highest BCUT2D eigenvalue weighted by atomic mass is 32.2. The first-order valence-corrected chi connectivity index (χ1v) is 5.90. The number of rotatable bonds is 5. The van der Waals surface area contributed by atoms with Gasteiger partial charge in [0, 0.05) is 0 Å². The van der Waals surface area contributed by atoms with E-state index in [2.05, 4.69) is 14.2 Å². The zero-order valence-corrected chi connectivity index (χ0v) is 9.48. The molecular formula is C7H8F2O8S. The number of carbonyl (C=O) groups is 2. The van der Waals surface area contributed by atoms with Crippen LogP contribution in [0.25, 0.3) is 0 Å². The molecular weight excluding hydrogens is 282 g/mol. The molecule has 18 heavy (non-hydrogen) atoms. The molecule has 0 radical (unpaired) electrons. The Bertz CT molecular complexity index is 444. The zero-order valence-electron chi connectivity index (χ0n) is 8.67. The maximum Gasteiger partial charge on any atom is 0.508 e. The largest absolute Gasteiger partial charge is 0.508 e. The molecule has 0 aliphatic carbocycles. The van der Waals surface area contributed by atoms with Gasteiger partial charge >= 0.3 is 27.5 Å². The van der Waals surface area contributed by atoms with Gasteiger partial charge in [-0.1, -0.05) is 0 Å². The highest BCUT2D eigenvalue weighted by Crippen LogP contribution is 2.21. The van der Waals surface area contributed by atoms with Gasteiger partial charge in [0.25, 0.3) is 0 Å². The summed E-state index contributed by atoms with van der Waals surface area (Å²) in [5.41, 5.74) is 0. The molecule has 1 atom stereocenters. The van der Waals surface area contributed by atoms with E-state index < -0.39 is 46.6 Å². The monoisotopic (exact) mass is 290 g/mol. The first kappa shape index (κ1) is 14.6. The van der Waals surface area contributed by atoms with Crippen LogP contribution in [0.1, 0.15) is 6.42 Å². The Labute approximate surface area is 99.5 Å². The predicted molar refractivity (Wildman–Crippen MR) is 48.3 cm³/mol. The molecule has 11 heteroatoms. The van der Waals surface area contributed by atoms with E-state index in [0.717, 1.165) is 0 Å². The van der Waals surface area contributed by atoms with Gasteiger partial charge in [-0.15, -0.1) is 0 Å². The van der Waals surface area contributed by atoms with E-state index >= 15 is 0 Å². The molecule has 1 rings (SSSR count). The summed E-state index contributed by atoms with van der Waals surface area (Å²) in [6, 6.07) is 0. The van der Waals surface area contributed by atoms with E-state index in [4.69, 9.17) is 4.55 Å². The number of hydrogen-bond donors (Lipinski definition) is 1. The second-order valence-corrected chi connectivity index (χ2v) is 4.83. The summed E-state index contributed by atoms with van der Waals surface area (Å²) in [5, 5.41) is -4.59. The molecule has 1 aliphatic heterocycles. The molecule has 0 amide bonds. The van der Waals surface area contributed by atoms with Crippen molar-refractivity contribution < 1.29 is 45.6 Å². The molecule has 0 aromatic rings. The molecule has 1 fully saturated rings. The van der Waals surface area contributed by atoms with Gasteiger partial charge in [-0.25, -0.2) is 4.79 Å². The lowest BCUT2D eigenvalue weighted by Crippen LogP contribution is -2.35. The Morgan fingerprint density at radius 2 is 2.17 bits per heavy atom. The maximum atomic E-state index is 12.6. The number of hydrogen-bond acceptors (Lipinski definition) is 7. The number of halogens is 2. The highest BCUT2D eigenvalue weighted by Gasteiger charge is 2.45. The van der Waals surface area contributed by atoms with Gasteiger partial charge < -0.3 is 14.2 Å². The third-order valence-corrected chi connectivity index (χ3v) is 2.70. The van der Waals surface area contributed by atoms with E-state index in [1.807, 2.05) is 0 Å². The fraction of sp³-hybridized carbons (Fsp3) is 0.714. The van der Waals surface area contributed by atoms with Gasteiger partial charge in [-0.2, -0.15) is 17.2 Å². The van der Waals surface area contributed by atoms with Crippen molar-refractivity contribution in [2.24, 2.45) is 0 Å². The fourth-order valence-corrected chi connectivity index (χ4v) is 1.16. The maximum absolute atomic E-state index is 12.6. The summed E-state index contributed by atoms with van der Waals surface area (Å²) in [5.74, 6) is -1.22. The van der Waals surface area contributed by atoms with Crippen molar-refractivity contribution in [3.8, 4) is 0 Å². The van der Waals surface area contributed by atoms with Crippen molar-refractivity contribution in [3.63, 3.8) is 0 Å². The number of alkyl halides is 2. The van der Waals surface area contributed by atoms with Gasteiger partial charge in [-0.05, 0) is 0 Å². The van der Waals surface area contributed by atoms with Crippen LogP contribution in [0.2, 0.25) is 0 Å². The fourth-order valence-electron chi connectivity index (χ4n) is 0.949. The molecule has 1 saturated heterocycles. The molecule has 1 unspecified atom stereocenters. The van der Waals surface area contributed by atoms with Gasteiger partial charge in [0.15, 0.2) is 6.61 Å². The lowest BCUT2D eigenvalue weighted by Gasteiger charge is -2.13. The summed E-state index contributed by atoms with van der Waals surface area (Å²) in [6.45, 7) is -2.06. The lowest BCUT2D eigenvalue weighted by molar-refractivity contribution is -0.151. The number of cyclic esters (lactones) is 2. The quantitative estimate of drug-likeness (QED) is 0.552. The third kappa shape index (κ3) is 3.77. The Balaban J connectivity index is 2.40. The Kier molecular flexibility index (Phi) is 4.06. The third-order valence-electron chi connectivity index (χ3n) is 1.82. The summed E-state index contributed by atoms with van der Waals surface area (Å²) >= 11 is 0. The zero-order chi connectivity index (χ0) is 14.0. The van der Waals surface area contributed by atoms with Crippen LogP contribution >= 0.6 is 0 Å². The van der Waals surface area contributed by atoms with Crippen LogP contribution in [0.3, 0.4) is 0 Å². The van der Waals surface area contributed by atoms with Crippen LogP contribution < -0.4 is 0 Å². The van der Waals surface area contributed by atoms with Crippen LogP contribution in [0, 0.1) is 0 Å². The molecule has 0 saturated carbocycles. The smallest absolute Gasteiger partial charge is 0.458 e. The molecule has 1 heterocycles. The summed E-state index contributed by atoms with van der Waals surface area (Å²) in [4.78, 5) is 21.5.